The predicted octanol–water partition coefficient (Wildman–Crippen LogP) is 2.58. The Hall–Kier alpha value is -0.810. The molecule has 0 aliphatic carbocycles. The van der Waals surface area contributed by atoms with Gasteiger partial charge >= 0.3 is 0 Å². The van der Waals surface area contributed by atoms with Gasteiger partial charge in [-0.1, -0.05) is 19.1 Å². The summed E-state index contributed by atoms with van der Waals surface area (Å²) in [6.07, 6.45) is 0. The maximum Gasteiger partial charge on any atom is 0.136 e. The molecule has 0 aromatic carbocycles. The number of hydrogen-bond donors (Lipinski definition) is 2. The van der Waals surface area contributed by atoms with Gasteiger partial charge in [0.25, 0.3) is 0 Å². The van der Waals surface area contributed by atoms with Crippen molar-refractivity contribution in [1.82, 2.24) is 4.98 Å². The minimum atomic E-state index is 0.349. The highest BCUT2D eigenvalue weighted by atomic mass is 32.2. The second-order valence-corrected chi connectivity index (χ2v) is 5.68. The summed E-state index contributed by atoms with van der Waals surface area (Å²) in [5.41, 5.74) is 7.47. The molecule has 0 aliphatic rings. The molecule has 1 aromatic heterocycles. The molecule has 0 aliphatic heterocycles. The average Bonchev–Trinajstić information content (AvgIpc) is 2.26. The average molecular weight is 269 g/mol. The molecule has 94 valence electrons. The van der Waals surface area contributed by atoms with Crippen LogP contribution in [-0.4, -0.2) is 27.5 Å². The molecule has 17 heavy (non-hydrogen) atoms. The van der Waals surface area contributed by atoms with E-state index in [1.54, 1.807) is 0 Å². The molecule has 1 rings (SSSR count). The molecule has 1 aromatic rings. The van der Waals surface area contributed by atoms with Crippen LogP contribution in [0.4, 0.5) is 5.82 Å². The predicted molar refractivity (Wildman–Crippen MR) is 80.9 cm³/mol. The van der Waals surface area contributed by atoms with Crippen LogP contribution in [0.2, 0.25) is 0 Å². The summed E-state index contributed by atoms with van der Waals surface area (Å²) in [5, 5.41) is 3.37. The number of thiocarbonyl (C=S) groups is 1. The Morgan fingerprint density at radius 3 is 2.88 bits per heavy atom. The molecule has 5 heteroatoms. The van der Waals surface area contributed by atoms with Crippen LogP contribution in [0.5, 0.6) is 0 Å². The summed E-state index contributed by atoms with van der Waals surface area (Å²) in [6, 6.07) is 4.19. The maximum atomic E-state index is 5.69. The highest BCUT2D eigenvalue weighted by molar-refractivity contribution is 7.99. The largest absolute Gasteiger partial charge is 0.389 e. The van der Waals surface area contributed by atoms with Crippen molar-refractivity contribution in [3.63, 3.8) is 0 Å². The fourth-order valence-corrected chi connectivity index (χ4v) is 2.27. The Labute approximate surface area is 113 Å². The van der Waals surface area contributed by atoms with E-state index in [1.807, 2.05) is 30.8 Å². The van der Waals surface area contributed by atoms with Crippen LogP contribution in [-0.2, 0) is 0 Å². The molecule has 0 saturated heterocycles. The molecule has 1 atom stereocenters. The van der Waals surface area contributed by atoms with Gasteiger partial charge in [-0.05, 0) is 31.7 Å². The highest BCUT2D eigenvalue weighted by Gasteiger charge is 2.10. The quantitative estimate of drug-likeness (QED) is 0.777. The van der Waals surface area contributed by atoms with E-state index >= 15 is 0 Å². The lowest BCUT2D eigenvalue weighted by Crippen LogP contribution is -2.22. The summed E-state index contributed by atoms with van der Waals surface area (Å²) >= 11 is 6.93. The SMILES string of the molecule is CCSCC(C)Nc1nc(C)ccc1C(N)=S. The lowest BCUT2D eigenvalue weighted by molar-refractivity contribution is 0.898. The van der Waals surface area contributed by atoms with Crippen LogP contribution in [0.15, 0.2) is 12.1 Å². The number of rotatable bonds is 6. The monoisotopic (exact) mass is 269 g/mol. The van der Waals surface area contributed by atoms with Gasteiger partial charge in [-0.3, -0.25) is 0 Å². The minimum absolute atomic E-state index is 0.349. The molecule has 0 spiro atoms. The van der Waals surface area contributed by atoms with Crippen molar-refractivity contribution in [2.45, 2.75) is 26.8 Å². The van der Waals surface area contributed by atoms with E-state index in [4.69, 9.17) is 18.0 Å². The zero-order chi connectivity index (χ0) is 12.8. The fraction of sp³-hybridized carbons (Fsp3) is 0.500. The molecular weight excluding hydrogens is 250 g/mol. The number of pyridine rings is 1. The van der Waals surface area contributed by atoms with Gasteiger partial charge in [-0.2, -0.15) is 11.8 Å². The first-order chi connectivity index (χ1) is 8.04. The van der Waals surface area contributed by atoms with Gasteiger partial charge in [0, 0.05) is 17.5 Å². The van der Waals surface area contributed by atoms with Crippen LogP contribution in [0, 0.1) is 6.92 Å². The van der Waals surface area contributed by atoms with Crippen LogP contribution in [0.1, 0.15) is 25.1 Å². The Balaban J connectivity index is 2.81. The molecule has 3 N–H and O–H groups in total. The van der Waals surface area contributed by atoms with Gasteiger partial charge in [-0.25, -0.2) is 4.98 Å². The molecule has 0 amide bonds. The number of aryl methyl sites for hydroxylation is 1. The Morgan fingerprint density at radius 2 is 2.29 bits per heavy atom. The Morgan fingerprint density at radius 1 is 1.59 bits per heavy atom. The van der Waals surface area contributed by atoms with Crippen molar-refractivity contribution in [1.29, 1.82) is 0 Å². The van der Waals surface area contributed by atoms with Gasteiger partial charge in [-0.15, -0.1) is 0 Å². The van der Waals surface area contributed by atoms with E-state index in [9.17, 15) is 0 Å². The van der Waals surface area contributed by atoms with Crippen LogP contribution in [0.25, 0.3) is 0 Å². The van der Waals surface area contributed by atoms with Crippen LogP contribution >= 0.6 is 24.0 Å². The summed E-state index contributed by atoms with van der Waals surface area (Å²) in [6.45, 7) is 6.25. The van der Waals surface area contributed by atoms with E-state index in [0.717, 1.165) is 28.6 Å². The molecule has 1 unspecified atom stereocenters. The van der Waals surface area contributed by atoms with Crippen molar-refractivity contribution < 1.29 is 0 Å². The maximum absolute atomic E-state index is 5.69. The topological polar surface area (TPSA) is 50.9 Å². The zero-order valence-corrected chi connectivity index (χ0v) is 12.1. The third-order valence-corrected chi connectivity index (χ3v) is 3.62. The smallest absolute Gasteiger partial charge is 0.136 e. The molecular formula is C12H19N3S2. The number of hydrogen-bond acceptors (Lipinski definition) is 4. The summed E-state index contributed by atoms with van der Waals surface area (Å²) < 4.78 is 0. The Kier molecular flexibility index (Phi) is 5.71. The van der Waals surface area contributed by atoms with Gasteiger partial charge in [0.15, 0.2) is 0 Å². The number of nitrogens with zero attached hydrogens (tertiary/aromatic N) is 1. The third kappa shape index (κ3) is 4.52. The standard InChI is InChI=1S/C12H19N3S2/c1-4-17-7-9(3)15-12-10(11(13)16)6-5-8(2)14-12/h5-6,9H,4,7H2,1-3H3,(H2,13,16)(H,14,15). The Bertz CT molecular complexity index is 393. The first-order valence-corrected chi connectivity index (χ1v) is 7.22. The normalized spacial score (nSPS) is 12.2. The van der Waals surface area contributed by atoms with Crippen LogP contribution in [0.3, 0.4) is 0 Å². The van der Waals surface area contributed by atoms with Crippen molar-refractivity contribution in [2.75, 3.05) is 16.8 Å². The highest BCUT2D eigenvalue weighted by Crippen LogP contribution is 2.15. The minimum Gasteiger partial charge on any atom is -0.389 e. The number of nitrogens with two attached hydrogens (primary N) is 1. The van der Waals surface area contributed by atoms with E-state index in [2.05, 4.69) is 24.1 Å². The molecule has 0 radical (unpaired) electrons. The van der Waals surface area contributed by atoms with Gasteiger partial charge in [0.05, 0.1) is 5.56 Å². The first kappa shape index (κ1) is 14.3. The molecule has 1 heterocycles. The molecule has 0 fully saturated rings. The van der Waals surface area contributed by atoms with E-state index in [0.29, 0.717) is 11.0 Å². The second kappa shape index (κ2) is 6.81. The van der Waals surface area contributed by atoms with Crippen molar-refractivity contribution in [3.05, 3.63) is 23.4 Å². The van der Waals surface area contributed by atoms with Gasteiger partial charge in [0.1, 0.15) is 10.8 Å². The third-order valence-electron chi connectivity index (χ3n) is 2.26. The number of aromatic nitrogens is 1. The van der Waals surface area contributed by atoms with E-state index in [-0.39, 0.29) is 0 Å². The number of thioether (sulfide) groups is 1. The van der Waals surface area contributed by atoms with Crippen LogP contribution < -0.4 is 11.1 Å². The summed E-state index contributed by atoms with van der Waals surface area (Å²) in [7, 11) is 0. The molecule has 0 bridgehead atoms. The molecule has 0 saturated carbocycles. The lowest BCUT2D eigenvalue weighted by atomic mass is 10.2. The van der Waals surface area contributed by atoms with Crippen molar-refractivity contribution in [3.8, 4) is 0 Å². The van der Waals surface area contributed by atoms with Gasteiger partial charge in [0.2, 0.25) is 0 Å². The fourth-order valence-electron chi connectivity index (χ4n) is 1.44. The lowest BCUT2D eigenvalue weighted by Gasteiger charge is -2.16. The number of nitrogens with one attached hydrogen (secondary N) is 1. The summed E-state index contributed by atoms with van der Waals surface area (Å²) in [4.78, 5) is 4.84. The van der Waals surface area contributed by atoms with E-state index < -0.39 is 0 Å². The molecule has 3 nitrogen and oxygen atoms in total. The van der Waals surface area contributed by atoms with Crippen molar-refractivity contribution in [2.24, 2.45) is 5.73 Å². The van der Waals surface area contributed by atoms with Crippen molar-refractivity contribution >= 4 is 34.8 Å². The summed E-state index contributed by atoms with van der Waals surface area (Å²) in [5.74, 6) is 2.96. The number of anilines is 1. The van der Waals surface area contributed by atoms with E-state index in [1.165, 1.54) is 0 Å². The van der Waals surface area contributed by atoms with Gasteiger partial charge < -0.3 is 11.1 Å². The first-order valence-electron chi connectivity index (χ1n) is 5.66. The second-order valence-electron chi connectivity index (χ2n) is 3.92. The zero-order valence-electron chi connectivity index (χ0n) is 10.5.